The summed E-state index contributed by atoms with van der Waals surface area (Å²) in [6.07, 6.45) is 3.69. The first kappa shape index (κ1) is 17.2. The van der Waals surface area contributed by atoms with Gasteiger partial charge in [-0.05, 0) is 18.2 Å². The lowest BCUT2D eigenvalue weighted by Crippen LogP contribution is -2.20. The second-order valence-electron chi connectivity index (χ2n) is 6.96. The molecule has 8 heteroatoms. The molecule has 3 aromatic heterocycles. The maximum absolute atomic E-state index is 12.8. The molecule has 5 aromatic rings. The molecule has 0 atom stereocenters. The van der Waals surface area contributed by atoms with Crippen LogP contribution < -0.4 is 5.32 Å². The van der Waals surface area contributed by atoms with Crippen molar-refractivity contribution in [1.82, 2.24) is 29.3 Å². The summed E-state index contributed by atoms with van der Waals surface area (Å²) in [4.78, 5) is 12.8. The van der Waals surface area contributed by atoms with Crippen LogP contribution in [0.4, 0.5) is 5.82 Å². The van der Waals surface area contributed by atoms with Gasteiger partial charge < -0.3 is 5.32 Å². The molecule has 0 radical (unpaired) electrons. The zero-order chi connectivity index (χ0) is 20.0. The average molecular weight is 385 g/mol. The van der Waals surface area contributed by atoms with Gasteiger partial charge in [-0.1, -0.05) is 30.3 Å². The van der Waals surface area contributed by atoms with Crippen LogP contribution in [0.2, 0.25) is 0 Å². The quantitative estimate of drug-likeness (QED) is 0.516. The summed E-state index contributed by atoms with van der Waals surface area (Å²) in [6, 6.07) is 15.7. The fourth-order valence-corrected chi connectivity index (χ4v) is 3.62. The number of benzene rings is 2. The van der Waals surface area contributed by atoms with Crippen molar-refractivity contribution in [2.24, 2.45) is 14.1 Å². The molecule has 0 unspecified atom stereocenters. The van der Waals surface area contributed by atoms with E-state index in [-0.39, 0.29) is 12.5 Å². The summed E-state index contributed by atoms with van der Waals surface area (Å²) in [5, 5.41) is 18.2. The van der Waals surface area contributed by atoms with Crippen LogP contribution in [0.5, 0.6) is 0 Å². The van der Waals surface area contributed by atoms with E-state index in [0.29, 0.717) is 5.82 Å². The number of nitrogens with zero attached hydrogens (tertiary/aromatic N) is 6. The Morgan fingerprint density at radius 1 is 0.966 bits per heavy atom. The molecule has 0 saturated carbocycles. The van der Waals surface area contributed by atoms with Gasteiger partial charge in [-0.15, -0.1) is 0 Å². The van der Waals surface area contributed by atoms with Gasteiger partial charge in [0, 0.05) is 36.6 Å². The van der Waals surface area contributed by atoms with Crippen molar-refractivity contribution < 1.29 is 4.79 Å². The maximum Gasteiger partial charge on any atom is 0.247 e. The molecule has 0 saturated heterocycles. The van der Waals surface area contributed by atoms with Crippen LogP contribution in [0, 0.1) is 0 Å². The number of para-hydroxylation sites is 2. The molecule has 0 bridgehead atoms. The lowest BCUT2D eigenvalue weighted by atomic mass is 10.1. The molecular formula is C21H19N7O. The van der Waals surface area contributed by atoms with Gasteiger partial charge in [-0.25, -0.2) is 0 Å². The minimum absolute atomic E-state index is 0.0890. The first-order chi connectivity index (χ1) is 14.1. The first-order valence-corrected chi connectivity index (χ1v) is 9.26. The zero-order valence-corrected chi connectivity index (χ0v) is 16.1. The predicted octanol–water partition coefficient (Wildman–Crippen LogP) is 2.96. The minimum Gasteiger partial charge on any atom is -0.307 e. The molecule has 3 heterocycles. The molecule has 5 rings (SSSR count). The highest BCUT2D eigenvalue weighted by molar-refractivity contribution is 6.00. The number of nitrogens with one attached hydrogen (secondary N) is 1. The van der Waals surface area contributed by atoms with Crippen LogP contribution in [0.3, 0.4) is 0 Å². The molecule has 0 fully saturated rings. The molecule has 29 heavy (non-hydrogen) atoms. The number of fused-ring (bicyclic) bond motifs is 2. The van der Waals surface area contributed by atoms with E-state index in [2.05, 4.69) is 15.5 Å². The maximum atomic E-state index is 12.8. The second kappa shape index (κ2) is 6.59. The largest absolute Gasteiger partial charge is 0.307 e. The van der Waals surface area contributed by atoms with Crippen molar-refractivity contribution in [3.05, 3.63) is 60.9 Å². The number of carbonyl (C=O) groups is 1. The number of amides is 1. The molecule has 0 spiro atoms. The van der Waals surface area contributed by atoms with Gasteiger partial charge in [0.1, 0.15) is 12.2 Å². The number of aryl methyl sites for hydroxylation is 2. The summed E-state index contributed by atoms with van der Waals surface area (Å²) < 4.78 is 5.22. The van der Waals surface area contributed by atoms with Crippen molar-refractivity contribution in [2.45, 2.75) is 6.54 Å². The molecule has 8 nitrogen and oxygen atoms in total. The topological polar surface area (TPSA) is 82.6 Å². The number of hydrogen-bond acceptors (Lipinski definition) is 4. The van der Waals surface area contributed by atoms with E-state index in [4.69, 9.17) is 5.10 Å². The van der Waals surface area contributed by atoms with Gasteiger partial charge in [0.25, 0.3) is 0 Å². The summed E-state index contributed by atoms with van der Waals surface area (Å²) in [5.41, 5.74) is 3.59. The van der Waals surface area contributed by atoms with E-state index in [9.17, 15) is 4.79 Å². The van der Waals surface area contributed by atoms with Crippen LogP contribution in [0.1, 0.15) is 0 Å². The van der Waals surface area contributed by atoms with E-state index < -0.39 is 0 Å². The molecule has 0 aliphatic rings. The second-order valence-corrected chi connectivity index (χ2v) is 6.96. The van der Waals surface area contributed by atoms with E-state index in [1.807, 2.05) is 68.8 Å². The van der Waals surface area contributed by atoms with E-state index in [0.717, 1.165) is 33.1 Å². The highest BCUT2D eigenvalue weighted by atomic mass is 16.2. The lowest BCUT2D eigenvalue weighted by Gasteiger charge is -2.04. The average Bonchev–Trinajstić information content (AvgIpc) is 3.39. The van der Waals surface area contributed by atoms with Gasteiger partial charge >= 0.3 is 0 Å². The Labute approximate surface area is 166 Å². The van der Waals surface area contributed by atoms with Crippen molar-refractivity contribution in [1.29, 1.82) is 0 Å². The highest BCUT2D eigenvalue weighted by Gasteiger charge is 2.17. The molecule has 1 N–H and O–H groups in total. The Kier molecular flexibility index (Phi) is 3.90. The van der Waals surface area contributed by atoms with Crippen molar-refractivity contribution in [3.8, 4) is 11.3 Å². The first-order valence-electron chi connectivity index (χ1n) is 9.26. The molecular weight excluding hydrogens is 366 g/mol. The summed E-state index contributed by atoms with van der Waals surface area (Å²) in [6.45, 7) is 0.0890. The predicted molar refractivity (Wildman–Crippen MR) is 111 cm³/mol. The molecule has 0 aliphatic carbocycles. The fourth-order valence-electron chi connectivity index (χ4n) is 3.62. The third kappa shape index (κ3) is 2.94. The Morgan fingerprint density at radius 2 is 1.69 bits per heavy atom. The van der Waals surface area contributed by atoms with Crippen LogP contribution in [0.25, 0.3) is 33.1 Å². The molecule has 2 aromatic carbocycles. The smallest absolute Gasteiger partial charge is 0.247 e. The van der Waals surface area contributed by atoms with Gasteiger partial charge in [0.2, 0.25) is 5.91 Å². The normalized spacial score (nSPS) is 11.4. The highest BCUT2D eigenvalue weighted by Crippen LogP contribution is 2.27. The Morgan fingerprint density at radius 3 is 2.45 bits per heavy atom. The number of aromatic nitrogens is 6. The Hall–Kier alpha value is -3.94. The monoisotopic (exact) mass is 385 g/mol. The third-order valence-electron chi connectivity index (χ3n) is 4.95. The van der Waals surface area contributed by atoms with Gasteiger partial charge in [0.05, 0.1) is 17.2 Å². The molecule has 0 aliphatic heterocycles. The summed E-state index contributed by atoms with van der Waals surface area (Å²) in [7, 11) is 3.73. The Balaban J connectivity index is 1.48. The van der Waals surface area contributed by atoms with E-state index >= 15 is 0 Å². The number of hydrogen-bond donors (Lipinski definition) is 1. The number of carbonyl (C=O) groups excluding carboxylic acids is 1. The lowest BCUT2D eigenvalue weighted by molar-refractivity contribution is -0.116. The van der Waals surface area contributed by atoms with Crippen LogP contribution in [-0.4, -0.2) is 35.2 Å². The minimum atomic E-state index is -0.181. The van der Waals surface area contributed by atoms with E-state index in [1.54, 1.807) is 20.2 Å². The van der Waals surface area contributed by atoms with Gasteiger partial charge in [0.15, 0.2) is 5.82 Å². The van der Waals surface area contributed by atoms with Crippen LogP contribution in [0.15, 0.2) is 60.9 Å². The fraction of sp³-hybridized carbons (Fsp3) is 0.143. The Bertz CT molecular complexity index is 1360. The summed E-state index contributed by atoms with van der Waals surface area (Å²) in [5.74, 6) is 0.372. The van der Waals surface area contributed by atoms with Gasteiger partial charge in [-0.2, -0.15) is 15.3 Å². The van der Waals surface area contributed by atoms with E-state index in [1.165, 1.54) is 0 Å². The third-order valence-corrected chi connectivity index (χ3v) is 4.95. The summed E-state index contributed by atoms with van der Waals surface area (Å²) >= 11 is 0. The van der Waals surface area contributed by atoms with Crippen molar-refractivity contribution in [3.63, 3.8) is 0 Å². The van der Waals surface area contributed by atoms with Crippen LogP contribution in [-0.2, 0) is 25.4 Å². The van der Waals surface area contributed by atoms with Gasteiger partial charge in [-0.3, -0.25) is 18.8 Å². The SMILES string of the molecule is Cn1cc(-c2nn(CC(=O)Nc3nn(C)c4ccccc34)c3ccccc23)cn1. The zero-order valence-electron chi connectivity index (χ0n) is 16.1. The number of anilines is 1. The standard InChI is InChI=1S/C21H19N7O/c1-26-12-14(11-22-26)20-15-7-3-6-10-18(15)28(24-20)13-19(29)23-21-16-8-4-5-9-17(16)27(2)25-21/h3-12H,13H2,1-2H3,(H,23,25,29). The molecule has 144 valence electrons. The van der Waals surface area contributed by atoms with Crippen molar-refractivity contribution >= 4 is 33.5 Å². The van der Waals surface area contributed by atoms with Crippen LogP contribution >= 0.6 is 0 Å². The van der Waals surface area contributed by atoms with Crippen molar-refractivity contribution in [2.75, 3.05) is 5.32 Å². The molecule has 1 amide bonds. The number of rotatable bonds is 4.